The van der Waals surface area contributed by atoms with Gasteiger partial charge in [-0.15, -0.1) is 0 Å². The number of hydrogen-bond acceptors (Lipinski definition) is 13. The molecule has 14 nitrogen and oxygen atoms in total. The fraction of sp³-hybridized carbons (Fsp3) is 0.571. The van der Waals surface area contributed by atoms with Crippen molar-refractivity contribution in [3.8, 4) is 11.5 Å². The average molecular weight is 753 g/mol. The Balaban J connectivity index is 1.95. The third-order valence-corrected chi connectivity index (χ3v) is 7.81. The van der Waals surface area contributed by atoms with Gasteiger partial charge >= 0.3 is 17.9 Å². The van der Waals surface area contributed by atoms with Crippen LogP contribution in [0, 0.1) is 5.92 Å². The molecule has 0 amide bonds. The van der Waals surface area contributed by atoms with E-state index in [0.29, 0.717) is 38.8 Å². The van der Waals surface area contributed by atoms with Gasteiger partial charge in [0.2, 0.25) is 12.2 Å². The third kappa shape index (κ3) is 8.69. The normalized spacial score (nSPS) is 21.5. The van der Waals surface area contributed by atoms with Crippen molar-refractivity contribution in [3.05, 3.63) is 21.2 Å². The van der Waals surface area contributed by atoms with Gasteiger partial charge in [-0.3, -0.25) is 19.0 Å². The number of nitrogens with zero attached hydrogens (tertiary/aromatic N) is 1. The molecule has 1 aliphatic rings. The van der Waals surface area contributed by atoms with Crippen LogP contribution in [0.2, 0.25) is 0 Å². The first-order valence-electron chi connectivity index (χ1n) is 13.6. The summed E-state index contributed by atoms with van der Waals surface area (Å²) in [5.41, 5.74) is 0.471. The molecule has 5 atom stereocenters. The predicted octanol–water partition coefficient (Wildman–Crippen LogP) is 3.01. The Kier molecular flexibility index (Phi) is 13.4. The Morgan fingerprint density at radius 3 is 2.16 bits per heavy atom. The molecule has 0 saturated carbocycles. The van der Waals surface area contributed by atoms with E-state index >= 15 is 0 Å². The van der Waals surface area contributed by atoms with Gasteiger partial charge in [0.15, 0.2) is 18.3 Å². The van der Waals surface area contributed by atoms with E-state index in [1.807, 2.05) is 0 Å². The lowest BCUT2D eigenvalue weighted by molar-refractivity contribution is -0.261. The number of aromatic nitrogens is 1. The molecular formula is C28H35Br2NO13. The number of methoxy groups -OCH3 is 1. The van der Waals surface area contributed by atoms with Gasteiger partial charge in [-0.1, -0.05) is 6.92 Å². The van der Waals surface area contributed by atoms with E-state index in [-0.39, 0.29) is 38.1 Å². The maximum Gasteiger partial charge on any atom is 0.339 e. The van der Waals surface area contributed by atoms with Gasteiger partial charge in [0, 0.05) is 20.8 Å². The molecular weight excluding hydrogens is 718 g/mol. The van der Waals surface area contributed by atoms with E-state index in [0.717, 1.165) is 14.0 Å². The Morgan fingerprint density at radius 1 is 0.955 bits per heavy atom. The molecule has 0 bridgehead atoms. The molecule has 1 aliphatic heterocycles. The summed E-state index contributed by atoms with van der Waals surface area (Å²) >= 11 is 7.08. The Morgan fingerprint density at radius 2 is 1.57 bits per heavy atom. The Bertz CT molecular complexity index is 1350. The van der Waals surface area contributed by atoms with Crippen molar-refractivity contribution in [1.82, 2.24) is 4.57 Å². The highest BCUT2D eigenvalue weighted by Gasteiger charge is 2.52. The van der Waals surface area contributed by atoms with E-state index in [1.54, 1.807) is 13.0 Å². The lowest BCUT2D eigenvalue weighted by atomic mass is 9.91. The van der Waals surface area contributed by atoms with Crippen molar-refractivity contribution in [2.75, 3.05) is 46.8 Å². The topological polar surface area (TPSA) is 167 Å². The standard InChI is InChI=1S/C28H35Br2NO13/c1-14-23(41-16(3)34)25(42-17(4)35)26(27(36)37-5)44-28(14)43-20-13-31(15(2)33)19-12-18(29)24(22(30)21(19)20)40-11-10-39-9-8-38-7-6-32/h12-14,23,25-26,28,32H,6-11H2,1-5H3/t14-,23-,25+,26+,28-/m1/s1. The number of carbonyl (C=O) groups excluding carboxylic acids is 4. The zero-order valence-electron chi connectivity index (χ0n) is 24.8. The zero-order valence-corrected chi connectivity index (χ0v) is 28.0. The van der Waals surface area contributed by atoms with Crippen molar-refractivity contribution < 1.29 is 62.2 Å². The highest BCUT2D eigenvalue weighted by atomic mass is 79.9. The van der Waals surface area contributed by atoms with E-state index < -0.39 is 48.4 Å². The molecule has 0 radical (unpaired) electrons. The van der Waals surface area contributed by atoms with Crippen molar-refractivity contribution in [2.24, 2.45) is 5.92 Å². The van der Waals surface area contributed by atoms with E-state index in [9.17, 15) is 19.2 Å². The molecule has 1 saturated heterocycles. The number of carbonyl (C=O) groups is 4. The quantitative estimate of drug-likeness (QED) is 0.170. The minimum atomic E-state index is -1.49. The second kappa shape index (κ2) is 16.5. The fourth-order valence-electron chi connectivity index (χ4n) is 4.56. The second-order valence-electron chi connectivity index (χ2n) is 9.65. The summed E-state index contributed by atoms with van der Waals surface area (Å²) in [5.74, 6) is -2.75. The average Bonchev–Trinajstić information content (AvgIpc) is 3.32. The van der Waals surface area contributed by atoms with Crippen LogP contribution in [-0.4, -0.2) is 105 Å². The van der Waals surface area contributed by atoms with Gasteiger partial charge in [-0.05, 0) is 37.9 Å². The van der Waals surface area contributed by atoms with Crippen molar-refractivity contribution in [2.45, 2.75) is 52.3 Å². The first-order valence-corrected chi connectivity index (χ1v) is 15.2. The van der Waals surface area contributed by atoms with Gasteiger partial charge in [0.1, 0.15) is 18.1 Å². The molecule has 44 heavy (non-hydrogen) atoms. The summed E-state index contributed by atoms with van der Waals surface area (Å²) in [6, 6.07) is 1.69. The summed E-state index contributed by atoms with van der Waals surface area (Å²) in [6.45, 7) is 6.60. The van der Waals surface area contributed by atoms with Gasteiger partial charge < -0.3 is 43.0 Å². The molecule has 3 rings (SSSR count). The lowest BCUT2D eigenvalue weighted by Gasteiger charge is -2.42. The molecule has 0 spiro atoms. The van der Waals surface area contributed by atoms with Crippen LogP contribution < -0.4 is 9.47 Å². The van der Waals surface area contributed by atoms with Crippen LogP contribution in [0.4, 0.5) is 0 Å². The predicted molar refractivity (Wildman–Crippen MR) is 159 cm³/mol. The Labute approximate surface area is 270 Å². The van der Waals surface area contributed by atoms with E-state index in [4.69, 9.17) is 43.0 Å². The summed E-state index contributed by atoms with van der Waals surface area (Å²) in [4.78, 5) is 49.2. The molecule has 2 aromatic rings. The highest BCUT2D eigenvalue weighted by molar-refractivity contribution is 9.11. The smallest absolute Gasteiger partial charge is 0.339 e. The number of hydrogen-bond donors (Lipinski definition) is 1. The van der Waals surface area contributed by atoms with Crippen LogP contribution in [0.25, 0.3) is 10.9 Å². The first kappa shape index (κ1) is 35.7. The molecule has 16 heteroatoms. The van der Waals surface area contributed by atoms with Gasteiger partial charge in [0.25, 0.3) is 0 Å². The molecule has 0 unspecified atom stereocenters. The number of rotatable bonds is 14. The minimum Gasteiger partial charge on any atom is -0.489 e. The molecule has 1 aromatic heterocycles. The van der Waals surface area contributed by atoms with E-state index in [2.05, 4.69) is 31.9 Å². The fourth-order valence-corrected chi connectivity index (χ4v) is 6.08. The Hall–Kier alpha value is -2.76. The second-order valence-corrected chi connectivity index (χ2v) is 11.3. The summed E-state index contributed by atoms with van der Waals surface area (Å²) < 4.78 is 46.9. The SMILES string of the molecule is COC(=O)[C@H]1O[C@@H](Oc2cn(C(C)=O)c3cc(Br)c(OCCOCCOCCO)c(Br)c23)[C@H](C)[C@@H](OC(C)=O)[C@@H]1OC(C)=O. The molecule has 244 valence electrons. The first-order chi connectivity index (χ1) is 20.9. The van der Waals surface area contributed by atoms with Gasteiger partial charge in [0.05, 0.1) is 72.1 Å². The number of aliphatic hydroxyl groups excluding tert-OH is 1. The zero-order chi connectivity index (χ0) is 32.6. The summed E-state index contributed by atoms with van der Waals surface area (Å²) in [6.07, 6.45) is -3.68. The monoisotopic (exact) mass is 751 g/mol. The summed E-state index contributed by atoms with van der Waals surface area (Å²) in [5, 5.41) is 9.21. The molecule has 1 N–H and O–H groups in total. The number of fused-ring (bicyclic) bond motifs is 1. The van der Waals surface area contributed by atoms with Crippen molar-refractivity contribution in [3.63, 3.8) is 0 Å². The molecule has 1 fully saturated rings. The van der Waals surface area contributed by atoms with Crippen LogP contribution in [-0.2, 0) is 42.8 Å². The minimum absolute atomic E-state index is 0.0656. The maximum absolute atomic E-state index is 12.7. The van der Waals surface area contributed by atoms with Crippen LogP contribution in [0.15, 0.2) is 21.2 Å². The van der Waals surface area contributed by atoms with Crippen LogP contribution in [0.1, 0.15) is 32.5 Å². The number of ether oxygens (including phenoxy) is 8. The van der Waals surface area contributed by atoms with Gasteiger partial charge in [-0.2, -0.15) is 0 Å². The van der Waals surface area contributed by atoms with Crippen molar-refractivity contribution in [1.29, 1.82) is 0 Å². The maximum atomic E-state index is 12.7. The summed E-state index contributed by atoms with van der Waals surface area (Å²) in [7, 11) is 1.14. The van der Waals surface area contributed by atoms with E-state index in [1.165, 1.54) is 24.6 Å². The molecule has 1 aromatic carbocycles. The van der Waals surface area contributed by atoms with Crippen LogP contribution in [0.5, 0.6) is 11.5 Å². The lowest BCUT2D eigenvalue weighted by Crippen LogP contribution is -2.60. The largest absolute Gasteiger partial charge is 0.489 e. The van der Waals surface area contributed by atoms with Crippen molar-refractivity contribution >= 4 is 66.6 Å². The van der Waals surface area contributed by atoms with Crippen LogP contribution >= 0.6 is 31.9 Å². The van der Waals surface area contributed by atoms with Gasteiger partial charge in [-0.25, -0.2) is 4.79 Å². The number of esters is 3. The number of benzene rings is 1. The van der Waals surface area contributed by atoms with Crippen LogP contribution in [0.3, 0.4) is 0 Å². The number of aliphatic hydroxyl groups is 1. The third-order valence-electron chi connectivity index (χ3n) is 6.46. The highest BCUT2D eigenvalue weighted by Crippen LogP contribution is 2.45. The molecule has 0 aliphatic carbocycles. The molecule has 2 heterocycles. The number of halogens is 2.